The van der Waals surface area contributed by atoms with Gasteiger partial charge in [-0.1, -0.05) is 37.3 Å². The second kappa shape index (κ2) is 8.20. The predicted octanol–water partition coefficient (Wildman–Crippen LogP) is 2.53. The number of fused-ring (bicyclic) bond motifs is 1. The Kier molecular flexibility index (Phi) is 5.74. The van der Waals surface area contributed by atoms with Crippen LogP contribution >= 0.6 is 0 Å². The van der Waals surface area contributed by atoms with E-state index in [0.717, 1.165) is 10.8 Å². The van der Waals surface area contributed by atoms with E-state index in [-0.39, 0.29) is 37.2 Å². The van der Waals surface area contributed by atoms with Crippen LogP contribution in [-0.2, 0) is 9.59 Å². The summed E-state index contributed by atoms with van der Waals surface area (Å²) < 4.78 is 0. The van der Waals surface area contributed by atoms with Crippen LogP contribution in [0.15, 0.2) is 42.5 Å². The van der Waals surface area contributed by atoms with Crippen molar-refractivity contribution in [3.05, 3.63) is 48.0 Å². The summed E-state index contributed by atoms with van der Waals surface area (Å²) in [5, 5.41) is 14.0. The molecule has 2 aromatic rings. The SMILES string of the molecule is CC1CC(C(=O)O)CN(C(=O)CCNC(=O)c2ccc3ccccc3c2)C1. The fourth-order valence-electron chi connectivity index (χ4n) is 3.61. The van der Waals surface area contributed by atoms with Gasteiger partial charge < -0.3 is 15.3 Å². The zero-order chi connectivity index (χ0) is 19.4. The van der Waals surface area contributed by atoms with Crippen LogP contribution in [0.2, 0.25) is 0 Å². The number of aliphatic carboxylic acids is 1. The van der Waals surface area contributed by atoms with E-state index in [0.29, 0.717) is 18.5 Å². The lowest BCUT2D eigenvalue weighted by Gasteiger charge is -2.34. The third kappa shape index (κ3) is 4.64. The van der Waals surface area contributed by atoms with E-state index in [1.807, 2.05) is 43.3 Å². The van der Waals surface area contributed by atoms with Gasteiger partial charge in [-0.3, -0.25) is 14.4 Å². The van der Waals surface area contributed by atoms with Crippen LogP contribution in [0.25, 0.3) is 10.8 Å². The minimum Gasteiger partial charge on any atom is -0.481 e. The molecule has 2 N–H and O–H groups in total. The smallest absolute Gasteiger partial charge is 0.308 e. The zero-order valence-electron chi connectivity index (χ0n) is 15.4. The van der Waals surface area contributed by atoms with E-state index in [2.05, 4.69) is 5.32 Å². The van der Waals surface area contributed by atoms with Crippen molar-refractivity contribution in [1.29, 1.82) is 0 Å². The maximum absolute atomic E-state index is 12.4. The number of carboxylic acid groups (broad SMARTS) is 1. The number of carbonyl (C=O) groups excluding carboxylic acids is 2. The Morgan fingerprint density at radius 2 is 1.85 bits per heavy atom. The van der Waals surface area contributed by atoms with Gasteiger partial charge in [-0.2, -0.15) is 0 Å². The lowest BCUT2D eigenvalue weighted by atomic mass is 9.90. The van der Waals surface area contributed by atoms with Crippen molar-refractivity contribution in [2.75, 3.05) is 19.6 Å². The molecule has 6 heteroatoms. The van der Waals surface area contributed by atoms with Crippen LogP contribution < -0.4 is 5.32 Å². The number of carboxylic acids is 1. The van der Waals surface area contributed by atoms with Gasteiger partial charge in [0.1, 0.15) is 0 Å². The van der Waals surface area contributed by atoms with E-state index in [4.69, 9.17) is 0 Å². The molecule has 0 saturated carbocycles. The third-order valence-electron chi connectivity index (χ3n) is 5.00. The minimum atomic E-state index is -0.857. The summed E-state index contributed by atoms with van der Waals surface area (Å²) in [6.07, 6.45) is 0.760. The first-order chi connectivity index (χ1) is 12.9. The highest BCUT2D eigenvalue weighted by molar-refractivity contribution is 5.98. The molecule has 142 valence electrons. The molecule has 1 heterocycles. The van der Waals surface area contributed by atoms with Gasteiger partial charge in [-0.05, 0) is 35.2 Å². The molecule has 2 atom stereocenters. The number of likely N-dealkylation sites (tertiary alicyclic amines) is 1. The van der Waals surface area contributed by atoms with Crippen molar-refractivity contribution in [2.24, 2.45) is 11.8 Å². The first kappa shape index (κ1) is 18.9. The quantitative estimate of drug-likeness (QED) is 0.849. The Morgan fingerprint density at radius 3 is 2.59 bits per heavy atom. The Bertz CT molecular complexity index is 864. The van der Waals surface area contributed by atoms with E-state index in [1.165, 1.54) is 0 Å². The largest absolute Gasteiger partial charge is 0.481 e. The van der Waals surface area contributed by atoms with Gasteiger partial charge >= 0.3 is 5.97 Å². The summed E-state index contributed by atoms with van der Waals surface area (Å²) >= 11 is 0. The molecule has 3 rings (SSSR count). The number of rotatable bonds is 5. The van der Waals surface area contributed by atoms with Crippen LogP contribution in [0.4, 0.5) is 0 Å². The first-order valence-corrected chi connectivity index (χ1v) is 9.21. The number of benzene rings is 2. The Balaban J connectivity index is 1.53. The number of nitrogens with one attached hydrogen (secondary N) is 1. The standard InChI is InChI=1S/C21H24N2O4/c1-14-10-18(21(26)27)13-23(12-14)19(24)8-9-22-20(25)17-7-6-15-4-2-3-5-16(15)11-17/h2-7,11,14,18H,8-10,12-13H2,1H3,(H,22,25)(H,26,27). The first-order valence-electron chi connectivity index (χ1n) is 9.21. The maximum Gasteiger partial charge on any atom is 0.308 e. The topological polar surface area (TPSA) is 86.7 Å². The molecule has 2 aromatic carbocycles. The summed E-state index contributed by atoms with van der Waals surface area (Å²) in [6.45, 7) is 3.00. The van der Waals surface area contributed by atoms with Crippen molar-refractivity contribution < 1.29 is 19.5 Å². The van der Waals surface area contributed by atoms with Gasteiger partial charge in [0.15, 0.2) is 0 Å². The lowest BCUT2D eigenvalue weighted by Crippen LogP contribution is -2.46. The van der Waals surface area contributed by atoms with Crippen molar-refractivity contribution in [2.45, 2.75) is 19.8 Å². The summed E-state index contributed by atoms with van der Waals surface area (Å²) in [5.41, 5.74) is 0.554. The second-order valence-corrected chi connectivity index (χ2v) is 7.24. The van der Waals surface area contributed by atoms with Crippen LogP contribution in [0.1, 0.15) is 30.1 Å². The van der Waals surface area contributed by atoms with Gasteiger partial charge in [0.05, 0.1) is 5.92 Å². The molecule has 6 nitrogen and oxygen atoms in total. The molecule has 1 aliphatic heterocycles. The molecule has 1 fully saturated rings. The molecule has 27 heavy (non-hydrogen) atoms. The average Bonchev–Trinajstić information content (AvgIpc) is 2.66. The summed E-state index contributed by atoms with van der Waals surface area (Å²) in [5.74, 6) is -1.54. The second-order valence-electron chi connectivity index (χ2n) is 7.24. The maximum atomic E-state index is 12.4. The molecule has 1 aliphatic rings. The van der Waals surface area contributed by atoms with Crippen molar-refractivity contribution in [3.8, 4) is 0 Å². The van der Waals surface area contributed by atoms with E-state index >= 15 is 0 Å². The fourth-order valence-corrected chi connectivity index (χ4v) is 3.61. The van der Waals surface area contributed by atoms with Gasteiger partial charge in [-0.25, -0.2) is 0 Å². The Labute approximate surface area is 158 Å². The summed E-state index contributed by atoms with van der Waals surface area (Å²) in [6, 6.07) is 13.3. The number of hydrogen-bond donors (Lipinski definition) is 2. The molecule has 1 saturated heterocycles. The van der Waals surface area contributed by atoms with Gasteiger partial charge in [0, 0.05) is 31.6 Å². The fraction of sp³-hybridized carbons (Fsp3) is 0.381. The Hall–Kier alpha value is -2.89. The molecule has 0 aromatic heterocycles. The highest BCUT2D eigenvalue weighted by Gasteiger charge is 2.31. The number of hydrogen-bond acceptors (Lipinski definition) is 3. The highest BCUT2D eigenvalue weighted by atomic mass is 16.4. The molecular weight excluding hydrogens is 344 g/mol. The zero-order valence-corrected chi connectivity index (χ0v) is 15.4. The molecule has 2 unspecified atom stereocenters. The normalized spacial score (nSPS) is 19.7. The molecule has 0 bridgehead atoms. The van der Waals surface area contributed by atoms with Crippen LogP contribution in [0, 0.1) is 11.8 Å². The molecular formula is C21H24N2O4. The summed E-state index contributed by atoms with van der Waals surface area (Å²) in [4.78, 5) is 37.5. The van der Waals surface area contributed by atoms with Gasteiger partial charge in [0.25, 0.3) is 5.91 Å². The number of nitrogens with zero attached hydrogens (tertiary/aromatic N) is 1. The predicted molar refractivity (Wildman–Crippen MR) is 102 cm³/mol. The third-order valence-corrected chi connectivity index (χ3v) is 5.00. The van der Waals surface area contributed by atoms with Crippen molar-refractivity contribution >= 4 is 28.6 Å². The number of carbonyl (C=O) groups is 3. The van der Waals surface area contributed by atoms with Crippen LogP contribution in [0.3, 0.4) is 0 Å². The lowest BCUT2D eigenvalue weighted by molar-refractivity contribution is -0.146. The summed E-state index contributed by atoms with van der Waals surface area (Å²) in [7, 11) is 0. The van der Waals surface area contributed by atoms with Crippen LogP contribution in [-0.4, -0.2) is 47.4 Å². The van der Waals surface area contributed by atoms with Crippen molar-refractivity contribution in [1.82, 2.24) is 10.2 Å². The monoisotopic (exact) mass is 368 g/mol. The Morgan fingerprint density at radius 1 is 1.11 bits per heavy atom. The van der Waals surface area contributed by atoms with E-state index < -0.39 is 11.9 Å². The average molecular weight is 368 g/mol. The molecule has 2 amide bonds. The van der Waals surface area contributed by atoms with Gasteiger partial charge in [0.2, 0.25) is 5.91 Å². The number of amides is 2. The van der Waals surface area contributed by atoms with E-state index in [9.17, 15) is 19.5 Å². The van der Waals surface area contributed by atoms with Crippen molar-refractivity contribution in [3.63, 3.8) is 0 Å². The molecule has 0 spiro atoms. The highest BCUT2D eigenvalue weighted by Crippen LogP contribution is 2.22. The minimum absolute atomic E-state index is 0.119. The molecule has 0 radical (unpaired) electrons. The van der Waals surface area contributed by atoms with Gasteiger partial charge in [-0.15, -0.1) is 0 Å². The van der Waals surface area contributed by atoms with Crippen LogP contribution in [0.5, 0.6) is 0 Å². The number of piperidine rings is 1. The van der Waals surface area contributed by atoms with E-state index in [1.54, 1.807) is 11.0 Å². The molecule has 0 aliphatic carbocycles.